The van der Waals surface area contributed by atoms with Crippen LogP contribution >= 0.6 is 0 Å². The lowest BCUT2D eigenvalue weighted by molar-refractivity contribution is -0.141. The lowest BCUT2D eigenvalue weighted by atomic mass is 9.76. The first-order valence-electron chi connectivity index (χ1n) is 5.27. The summed E-state index contributed by atoms with van der Waals surface area (Å²) >= 11 is 0. The second kappa shape index (κ2) is 4.26. The average molecular weight is 196 g/mol. The van der Waals surface area contributed by atoms with Crippen LogP contribution in [0.3, 0.4) is 0 Å². The van der Waals surface area contributed by atoms with Crippen LogP contribution in [0.15, 0.2) is 12.2 Å². The molecule has 0 aromatic carbocycles. The molecular weight excluding hydrogens is 176 g/mol. The van der Waals surface area contributed by atoms with Gasteiger partial charge in [0.15, 0.2) is 5.78 Å². The monoisotopic (exact) mass is 196 g/mol. The van der Waals surface area contributed by atoms with Gasteiger partial charge in [0.25, 0.3) is 0 Å². The van der Waals surface area contributed by atoms with Gasteiger partial charge in [-0.05, 0) is 44.1 Å². The summed E-state index contributed by atoms with van der Waals surface area (Å²) in [6, 6.07) is 0. The van der Waals surface area contributed by atoms with E-state index in [1.54, 1.807) is 14.0 Å². The Balaban J connectivity index is 2.77. The molecule has 0 aliphatic heterocycles. The molecule has 80 valence electrons. The molecule has 1 saturated carbocycles. The van der Waals surface area contributed by atoms with E-state index in [9.17, 15) is 4.79 Å². The average Bonchev–Trinajstić information content (AvgIpc) is 2.18. The standard InChI is InChI=1S/C12H20O2/c1-9(2)11(13)12(14-4)7-5-10(3)6-8-12/h10H,1,5-8H2,2-4H3. The van der Waals surface area contributed by atoms with Gasteiger partial charge in [-0.2, -0.15) is 0 Å². The molecule has 0 aromatic heterocycles. The first-order chi connectivity index (χ1) is 6.52. The number of hydrogen-bond acceptors (Lipinski definition) is 2. The maximum absolute atomic E-state index is 11.9. The zero-order valence-corrected chi connectivity index (χ0v) is 9.43. The third kappa shape index (κ3) is 2.06. The zero-order valence-electron chi connectivity index (χ0n) is 9.43. The first-order valence-corrected chi connectivity index (χ1v) is 5.27. The highest BCUT2D eigenvalue weighted by molar-refractivity contribution is 6.01. The molecule has 0 amide bonds. The maximum Gasteiger partial charge on any atom is 0.189 e. The van der Waals surface area contributed by atoms with Crippen LogP contribution in [0.4, 0.5) is 0 Å². The number of rotatable bonds is 3. The topological polar surface area (TPSA) is 26.3 Å². The van der Waals surface area contributed by atoms with E-state index in [2.05, 4.69) is 13.5 Å². The Bertz CT molecular complexity index is 235. The number of carbonyl (C=O) groups excluding carboxylic acids is 1. The van der Waals surface area contributed by atoms with Gasteiger partial charge in [0.1, 0.15) is 5.60 Å². The third-order valence-electron chi connectivity index (χ3n) is 3.27. The molecule has 0 bridgehead atoms. The molecule has 14 heavy (non-hydrogen) atoms. The predicted octanol–water partition coefficient (Wildman–Crippen LogP) is 2.73. The quantitative estimate of drug-likeness (QED) is 0.649. The van der Waals surface area contributed by atoms with Crippen LogP contribution in [0, 0.1) is 5.92 Å². The highest BCUT2D eigenvalue weighted by Crippen LogP contribution is 2.36. The minimum Gasteiger partial charge on any atom is -0.370 e. The second-order valence-corrected chi connectivity index (χ2v) is 4.49. The van der Waals surface area contributed by atoms with E-state index >= 15 is 0 Å². The van der Waals surface area contributed by atoms with Gasteiger partial charge in [0, 0.05) is 7.11 Å². The fourth-order valence-corrected chi connectivity index (χ4v) is 2.14. The number of methoxy groups -OCH3 is 1. The molecule has 1 aliphatic carbocycles. The van der Waals surface area contributed by atoms with Crippen molar-refractivity contribution in [3.63, 3.8) is 0 Å². The summed E-state index contributed by atoms with van der Waals surface area (Å²) in [5.41, 5.74) is 0.0552. The van der Waals surface area contributed by atoms with Gasteiger partial charge in [0.05, 0.1) is 0 Å². The highest BCUT2D eigenvalue weighted by atomic mass is 16.5. The Labute approximate surface area is 86.3 Å². The maximum atomic E-state index is 11.9. The molecule has 0 N–H and O–H groups in total. The van der Waals surface area contributed by atoms with Crippen molar-refractivity contribution < 1.29 is 9.53 Å². The van der Waals surface area contributed by atoms with Gasteiger partial charge < -0.3 is 4.74 Å². The number of ether oxygens (including phenoxy) is 1. The summed E-state index contributed by atoms with van der Waals surface area (Å²) in [7, 11) is 1.64. The summed E-state index contributed by atoms with van der Waals surface area (Å²) in [6.45, 7) is 7.70. The lowest BCUT2D eigenvalue weighted by Gasteiger charge is -2.36. The third-order valence-corrected chi connectivity index (χ3v) is 3.27. The van der Waals surface area contributed by atoms with Crippen molar-refractivity contribution >= 4 is 5.78 Å². The van der Waals surface area contributed by atoms with Crippen molar-refractivity contribution in [1.82, 2.24) is 0 Å². The molecule has 0 spiro atoms. The SMILES string of the molecule is C=C(C)C(=O)C1(OC)CCC(C)CC1. The van der Waals surface area contributed by atoms with Crippen molar-refractivity contribution in [2.45, 2.75) is 45.1 Å². The van der Waals surface area contributed by atoms with E-state index < -0.39 is 5.60 Å². The van der Waals surface area contributed by atoms with E-state index in [1.165, 1.54) is 0 Å². The molecule has 0 unspecified atom stereocenters. The molecule has 0 heterocycles. The summed E-state index contributed by atoms with van der Waals surface area (Å²) in [5, 5.41) is 0. The van der Waals surface area contributed by atoms with E-state index in [-0.39, 0.29) is 5.78 Å². The van der Waals surface area contributed by atoms with Crippen LogP contribution in [0.5, 0.6) is 0 Å². The van der Waals surface area contributed by atoms with Crippen LogP contribution in [0.25, 0.3) is 0 Å². The Morgan fingerprint density at radius 3 is 2.29 bits per heavy atom. The van der Waals surface area contributed by atoms with Gasteiger partial charge >= 0.3 is 0 Å². The zero-order chi connectivity index (χ0) is 10.8. The molecule has 1 rings (SSSR count). The van der Waals surface area contributed by atoms with Crippen molar-refractivity contribution in [3.05, 3.63) is 12.2 Å². The van der Waals surface area contributed by atoms with E-state index in [0.29, 0.717) is 5.57 Å². The molecular formula is C12H20O2. The normalized spacial score (nSPS) is 32.6. The van der Waals surface area contributed by atoms with Crippen LogP contribution in [-0.4, -0.2) is 18.5 Å². The first kappa shape index (κ1) is 11.4. The summed E-state index contributed by atoms with van der Waals surface area (Å²) in [5.74, 6) is 0.808. The van der Waals surface area contributed by atoms with Crippen molar-refractivity contribution in [1.29, 1.82) is 0 Å². The minimum atomic E-state index is -0.557. The summed E-state index contributed by atoms with van der Waals surface area (Å²) < 4.78 is 5.44. The van der Waals surface area contributed by atoms with Gasteiger partial charge in [-0.25, -0.2) is 0 Å². The minimum absolute atomic E-state index is 0.0897. The fourth-order valence-electron chi connectivity index (χ4n) is 2.14. The number of carbonyl (C=O) groups is 1. The van der Waals surface area contributed by atoms with E-state index in [1.807, 2.05) is 0 Å². The smallest absolute Gasteiger partial charge is 0.189 e. The predicted molar refractivity (Wildman–Crippen MR) is 57.2 cm³/mol. The van der Waals surface area contributed by atoms with Crippen LogP contribution < -0.4 is 0 Å². The number of Topliss-reactive ketones (excluding diaryl/α,β-unsaturated/α-hetero) is 1. The molecule has 1 fully saturated rings. The molecule has 0 aromatic rings. The van der Waals surface area contributed by atoms with Crippen LogP contribution in [0.2, 0.25) is 0 Å². The van der Waals surface area contributed by atoms with Gasteiger partial charge in [-0.15, -0.1) is 0 Å². The molecule has 0 radical (unpaired) electrons. The Hall–Kier alpha value is -0.630. The van der Waals surface area contributed by atoms with E-state index in [4.69, 9.17) is 4.74 Å². The molecule has 0 saturated heterocycles. The van der Waals surface area contributed by atoms with Crippen LogP contribution in [0.1, 0.15) is 39.5 Å². The summed E-state index contributed by atoms with van der Waals surface area (Å²) in [6.07, 6.45) is 3.84. The second-order valence-electron chi connectivity index (χ2n) is 4.49. The van der Waals surface area contributed by atoms with Crippen molar-refractivity contribution in [2.75, 3.05) is 7.11 Å². The van der Waals surface area contributed by atoms with Gasteiger partial charge in [-0.3, -0.25) is 4.79 Å². The van der Waals surface area contributed by atoms with Gasteiger partial charge in [0.2, 0.25) is 0 Å². The fraction of sp³-hybridized carbons (Fsp3) is 0.750. The number of ketones is 1. The summed E-state index contributed by atoms with van der Waals surface area (Å²) in [4.78, 5) is 11.9. The molecule has 2 heteroatoms. The van der Waals surface area contributed by atoms with Crippen molar-refractivity contribution in [2.24, 2.45) is 5.92 Å². The number of hydrogen-bond donors (Lipinski definition) is 0. The van der Waals surface area contributed by atoms with Crippen LogP contribution in [-0.2, 0) is 9.53 Å². The van der Waals surface area contributed by atoms with E-state index in [0.717, 1.165) is 31.6 Å². The Morgan fingerprint density at radius 2 is 1.93 bits per heavy atom. The molecule has 2 nitrogen and oxygen atoms in total. The highest BCUT2D eigenvalue weighted by Gasteiger charge is 2.40. The lowest BCUT2D eigenvalue weighted by Crippen LogP contribution is -2.44. The molecule has 0 atom stereocenters. The molecule has 1 aliphatic rings. The van der Waals surface area contributed by atoms with Gasteiger partial charge in [-0.1, -0.05) is 13.5 Å². The Kier molecular flexibility index (Phi) is 3.48. The van der Waals surface area contributed by atoms with Crippen molar-refractivity contribution in [3.8, 4) is 0 Å². The largest absolute Gasteiger partial charge is 0.370 e. The Morgan fingerprint density at radius 1 is 1.43 bits per heavy atom.